The summed E-state index contributed by atoms with van der Waals surface area (Å²) in [6, 6.07) is 0. The van der Waals surface area contributed by atoms with Crippen molar-refractivity contribution in [1.82, 2.24) is 5.32 Å². The first-order valence-corrected chi connectivity index (χ1v) is 6.81. The van der Waals surface area contributed by atoms with Crippen molar-refractivity contribution in [3.05, 3.63) is 0 Å². The molecule has 4 nitrogen and oxygen atoms in total. The van der Waals surface area contributed by atoms with E-state index >= 15 is 0 Å². The summed E-state index contributed by atoms with van der Waals surface area (Å²) in [5.41, 5.74) is 0. The molecule has 2 rings (SSSR count). The highest BCUT2D eigenvalue weighted by Gasteiger charge is 2.30. The molecule has 2 aliphatic rings. The molecule has 98 valence electrons. The second-order valence-electron chi connectivity index (χ2n) is 5.21. The van der Waals surface area contributed by atoms with Gasteiger partial charge in [0.2, 0.25) is 5.91 Å². The molecule has 1 amide bonds. The van der Waals surface area contributed by atoms with Crippen molar-refractivity contribution < 1.29 is 14.6 Å². The van der Waals surface area contributed by atoms with E-state index < -0.39 is 0 Å². The van der Waals surface area contributed by atoms with Crippen molar-refractivity contribution in [3.63, 3.8) is 0 Å². The number of carbonyl (C=O) groups is 1. The monoisotopic (exact) mass is 241 g/mol. The van der Waals surface area contributed by atoms with Crippen LogP contribution in [-0.2, 0) is 9.53 Å². The Hall–Kier alpha value is -0.610. The number of aliphatic hydroxyl groups excluding tert-OH is 1. The molecule has 2 N–H and O–H groups in total. The lowest BCUT2D eigenvalue weighted by atomic mass is 9.79. The zero-order chi connectivity index (χ0) is 12.1. The predicted molar refractivity (Wildman–Crippen MR) is 64.5 cm³/mol. The molecule has 0 aromatic carbocycles. The molecule has 1 aliphatic carbocycles. The summed E-state index contributed by atoms with van der Waals surface area (Å²) < 4.78 is 5.48. The third kappa shape index (κ3) is 3.42. The van der Waals surface area contributed by atoms with E-state index in [1.165, 1.54) is 0 Å². The third-order valence-electron chi connectivity index (χ3n) is 4.01. The van der Waals surface area contributed by atoms with Gasteiger partial charge < -0.3 is 15.2 Å². The minimum atomic E-state index is 0.00940. The lowest BCUT2D eigenvalue weighted by Gasteiger charge is -2.29. The van der Waals surface area contributed by atoms with Crippen LogP contribution >= 0.6 is 0 Å². The molecule has 17 heavy (non-hydrogen) atoms. The maximum Gasteiger partial charge on any atom is 0.223 e. The Morgan fingerprint density at radius 2 is 2.06 bits per heavy atom. The number of carbonyl (C=O) groups excluding carboxylic acids is 1. The normalized spacial score (nSPS) is 33.6. The summed E-state index contributed by atoms with van der Waals surface area (Å²) in [5.74, 6) is 0.280. The van der Waals surface area contributed by atoms with Gasteiger partial charge in [0.15, 0.2) is 0 Å². The lowest BCUT2D eigenvalue weighted by Crippen LogP contribution is -2.41. The lowest BCUT2D eigenvalue weighted by molar-refractivity contribution is -0.129. The van der Waals surface area contributed by atoms with E-state index in [9.17, 15) is 9.90 Å². The largest absolute Gasteiger partial charge is 0.396 e. The van der Waals surface area contributed by atoms with Crippen LogP contribution in [0.15, 0.2) is 0 Å². The molecule has 0 spiro atoms. The Morgan fingerprint density at radius 3 is 2.76 bits per heavy atom. The SMILES string of the molecule is O=C(NCC1CCCO1)C1CCCCC1CO. The quantitative estimate of drug-likeness (QED) is 0.774. The van der Waals surface area contributed by atoms with Crippen LogP contribution in [-0.4, -0.2) is 36.9 Å². The van der Waals surface area contributed by atoms with E-state index in [2.05, 4.69) is 5.32 Å². The highest BCUT2D eigenvalue weighted by molar-refractivity contribution is 5.79. The van der Waals surface area contributed by atoms with Gasteiger partial charge in [-0.3, -0.25) is 4.79 Å². The Morgan fingerprint density at radius 1 is 1.24 bits per heavy atom. The fraction of sp³-hybridized carbons (Fsp3) is 0.923. The Kier molecular flexibility index (Phi) is 4.80. The van der Waals surface area contributed by atoms with Gasteiger partial charge in [-0.2, -0.15) is 0 Å². The summed E-state index contributed by atoms with van der Waals surface area (Å²) in [6.07, 6.45) is 6.50. The first kappa shape index (κ1) is 12.8. The van der Waals surface area contributed by atoms with Gasteiger partial charge in [0, 0.05) is 25.7 Å². The smallest absolute Gasteiger partial charge is 0.223 e. The zero-order valence-corrected chi connectivity index (χ0v) is 10.4. The molecule has 1 saturated heterocycles. The van der Waals surface area contributed by atoms with E-state index in [4.69, 9.17) is 4.74 Å². The molecule has 0 aromatic heterocycles. The third-order valence-corrected chi connectivity index (χ3v) is 4.01. The van der Waals surface area contributed by atoms with Crippen molar-refractivity contribution in [2.45, 2.75) is 44.6 Å². The molecule has 0 aromatic rings. The van der Waals surface area contributed by atoms with Gasteiger partial charge in [0.1, 0.15) is 0 Å². The van der Waals surface area contributed by atoms with Crippen LogP contribution in [0.3, 0.4) is 0 Å². The van der Waals surface area contributed by atoms with Crippen LogP contribution < -0.4 is 5.32 Å². The average molecular weight is 241 g/mol. The molecule has 0 bridgehead atoms. The Labute approximate surface area is 103 Å². The molecular formula is C13H23NO3. The summed E-state index contributed by atoms with van der Waals surface area (Å²) in [4.78, 5) is 12.0. The van der Waals surface area contributed by atoms with Crippen LogP contribution in [0, 0.1) is 11.8 Å². The van der Waals surface area contributed by atoms with Gasteiger partial charge in [-0.05, 0) is 31.6 Å². The molecule has 1 saturated carbocycles. The molecule has 3 atom stereocenters. The average Bonchev–Trinajstić information content (AvgIpc) is 2.89. The van der Waals surface area contributed by atoms with Gasteiger partial charge in [-0.25, -0.2) is 0 Å². The minimum Gasteiger partial charge on any atom is -0.396 e. The summed E-state index contributed by atoms with van der Waals surface area (Å²) in [5, 5.41) is 12.3. The molecule has 2 fully saturated rings. The first-order chi connectivity index (χ1) is 8.31. The Bertz CT molecular complexity index is 251. The van der Waals surface area contributed by atoms with Crippen molar-refractivity contribution >= 4 is 5.91 Å². The van der Waals surface area contributed by atoms with Gasteiger partial charge in [-0.1, -0.05) is 12.8 Å². The van der Waals surface area contributed by atoms with Gasteiger partial charge >= 0.3 is 0 Å². The standard InChI is InChI=1S/C13H23NO3/c15-9-10-4-1-2-6-12(10)13(16)14-8-11-5-3-7-17-11/h10-12,15H,1-9H2,(H,14,16). The van der Waals surface area contributed by atoms with Crippen LogP contribution in [0.1, 0.15) is 38.5 Å². The van der Waals surface area contributed by atoms with Crippen molar-refractivity contribution in [1.29, 1.82) is 0 Å². The molecule has 1 aliphatic heterocycles. The summed E-state index contributed by atoms with van der Waals surface area (Å²) in [6.45, 7) is 1.59. The fourth-order valence-electron chi connectivity index (χ4n) is 2.92. The van der Waals surface area contributed by atoms with Crippen molar-refractivity contribution in [2.24, 2.45) is 11.8 Å². The molecule has 0 radical (unpaired) electrons. The Balaban J connectivity index is 1.76. The molecule has 3 unspecified atom stereocenters. The topological polar surface area (TPSA) is 58.6 Å². The second-order valence-corrected chi connectivity index (χ2v) is 5.21. The van der Waals surface area contributed by atoms with Crippen LogP contribution in [0.4, 0.5) is 0 Å². The number of aliphatic hydroxyl groups is 1. The highest BCUT2D eigenvalue weighted by Crippen LogP contribution is 2.29. The van der Waals surface area contributed by atoms with Crippen molar-refractivity contribution in [2.75, 3.05) is 19.8 Å². The number of rotatable bonds is 4. The molecular weight excluding hydrogens is 218 g/mol. The van der Waals surface area contributed by atoms with Crippen LogP contribution in [0.5, 0.6) is 0 Å². The fourth-order valence-corrected chi connectivity index (χ4v) is 2.92. The van der Waals surface area contributed by atoms with Gasteiger partial charge in [0.05, 0.1) is 6.10 Å². The predicted octanol–water partition coefficient (Wildman–Crippen LogP) is 1.08. The molecule has 4 heteroatoms. The van der Waals surface area contributed by atoms with Crippen molar-refractivity contribution in [3.8, 4) is 0 Å². The summed E-state index contributed by atoms with van der Waals surface area (Å²) in [7, 11) is 0. The number of hydrogen-bond acceptors (Lipinski definition) is 3. The van der Waals surface area contributed by atoms with E-state index in [-0.39, 0.29) is 30.5 Å². The number of nitrogens with one attached hydrogen (secondary N) is 1. The van der Waals surface area contributed by atoms with E-state index in [1.54, 1.807) is 0 Å². The number of hydrogen-bond donors (Lipinski definition) is 2. The number of ether oxygens (including phenoxy) is 1. The van der Waals surface area contributed by atoms with Crippen LogP contribution in [0.25, 0.3) is 0 Å². The van der Waals surface area contributed by atoms with Gasteiger partial charge in [0.25, 0.3) is 0 Å². The maximum absolute atomic E-state index is 12.0. The summed E-state index contributed by atoms with van der Waals surface area (Å²) >= 11 is 0. The van der Waals surface area contributed by atoms with Gasteiger partial charge in [-0.15, -0.1) is 0 Å². The van der Waals surface area contributed by atoms with E-state index in [0.29, 0.717) is 6.54 Å². The first-order valence-electron chi connectivity index (χ1n) is 6.81. The second kappa shape index (κ2) is 6.36. The molecule has 1 heterocycles. The van der Waals surface area contributed by atoms with Crippen LogP contribution in [0.2, 0.25) is 0 Å². The maximum atomic E-state index is 12.0. The van der Waals surface area contributed by atoms with E-state index in [0.717, 1.165) is 45.1 Å². The number of amides is 1. The zero-order valence-electron chi connectivity index (χ0n) is 10.4. The minimum absolute atomic E-state index is 0.00940. The van der Waals surface area contributed by atoms with E-state index in [1.807, 2.05) is 0 Å². The highest BCUT2D eigenvalue weighted by atomic mass is 16.5.